The van der Waals surface area contributed by atoms with E-state index in [2.05, 4.69) is 15.5 Å². The molecule has 1 heterocycles. The lowest BCUT2D eigenvalue weighted by molar-refractivity contribution is -0.146. The van der Waals surface area contributed by atoms with Crippen LogP contribution in [0.15, 0.2) is 54.6 Å². The minimum absolute atomic E-state index is 0.00482. The molecule has 1 N–H and O–H groups in total. The number of halogens is 1. The molecule has 0 aliphatic heterocycles. The maximum absolute atomic E-state index is 13.0. The molecule has 0 bridgehead atoms. The van der Waals surface area contributed by atoms with Gasteiger partial charge in [-0.15, -0.1) is 10.2 Å². The minimum atomic E-state index is -0.418. The minimum Gasteiger partial charge on any atom is -0.466 e. The smallest absolute Gasteiger partial charge is 0.306 e. The molecule has 0 saturated heterocycles. The number of rotatable bonds is 11. The largest absolute Gasteiger partial charge is 0.466 e. The van der Waals surface area contributed by atoms with Gasteiger partial charge in [0, 0.05) is 30.0 Å². The van der Waals surface area contributed by atoms with Gasteiger partial charge in [0.2, 0.25) is 16.9 Å². The van der Waals surface area contributed by atoms with Crippen LogP contribution in [-0.4, -0.2) is 46.0 Å². The average Bonchev–Trinajstić information content (AvgIpc) is 3.32. The van der Waals surface area contributed by atoms with Gasteiger partial charge in [-0.25, -0.2) is 0 Å². The van der Waals surface area contributed by atoms with Crippen molar-refractivity contribution in [3.05, 3.63) is 65.2 Å². The van der Waals surface area contributed by atoms with Crippen molar-refractivity contribution in [3.8, 4) is 10.6 Å². The molecule has 3 rings (SSSR count). The maximum Gasteiger partial charge on any atom is 0.306 e. The fraction of sp³-hybridized carbons (Fsp3) is 0.320. The molecular weight excluding hydrogens is 488 g/mol. The van der Waals surface area contributed by atoms with E-state index in [9.17, 15) is 14.4 Å². The van der Waals surface area contributed by atoms with Gasteiger partial charge >= 0.3 is 5.97 Å². The number of aromatic nitrogens is 2. The topological polar surface area (TPSA) is 101 Å². The fourth-order valence-electron chi connectivity index (χ4n) is 3.42. The van der Waals surface area contributed by atoms with Crippen LogP contribution < -0.4 is 5.32 Å². The molecule has 0 aliphatic carbocycles. The first-order chi connectivity index (χ1) is 16.9. The Balaban J connectivity index is 1.62. The molecular formula is C25H27ClN4O4S. The van der Waals surface area contributed by atoms with Gasteiger partial charge in [-0.05, 0) is 31.5 Å². The zero-order valence-electron chi connectivity index (χ0n) is 19.6. The van der Waals surface area contributed by atoms with E-state index in [4.69, 9.17) is 16.3 Å². The Morgan fingerprint density at radius 1 is 1.03 bits per heavy atom. The van der Waals surface area contributed by atoms with Gasteiger partial charge in [0.05, 0.1) is 19.1 Å². The number of esters is 1. The normalized spacial score (nSPS) is 11.5. The van der Waals surface area contributed by atoms with Crippen molar-refractivity contribution >= 4 is 45.9 Å². The van der Waals surface area contributed by atoms with E-state index in [1.54, 1.807) is 24.0 Å². The number of nitrogens with one attached hydrogen (secondary N) is 1. The number of ether oxygens (including phenoxy) is 1. The summed E-state index contributed by atoms with van der Waals surface area (Å²) in [7, 11) is 0. The zero-order chi connectivity index (χ0) is 25.2. The van der Waals surface area contributed by atoms with E-state index >= 15 is 0 Å². The van der Waals surface area contributed by atoms with Crippen molar-refractivity contribution in [2.24, 2.45) is 0 Å². The Morgan fingerprint density at radius 2 is 1.74 bits per heavy atom. The van der Waals surface area contributed by atoms with Crippen LogP contribution in [0.3, 0.4) is 0 Å². The van der Waals surface area contributed by atoms with Gasteiger partial charge in [-0.1, -0.05) is 65.4 Å². The van der Waals surface area contributed by atoms with E-state index in [-0.39, 0.29) is 50.3 Å². The fourth-order valence-corrected chi connectivity index (χ4v) is 4.31. The molecule has 0 spiro atoms. The van der Waals surface area contributed by atoms with Gasteiger partial charge in [0.1, 0.15) is 5.01 Å². The van der Waals surface area contributed by atoms with Crippen molar-refractivity contribution in [1.82, 2.24) is 15.1 Å². The van der Waals surface area contributed by atoms with E-state index < -0.39 is 5.97 Å². The van der Waals surface area contributed by atoms with Gasteiger partial charge in [-0.2, -0.15) is 0 Å². The molecule has 0 saturated carbocycles. The second-order valence-electron chi connectivity index (χ2n) is 7.70. The Labute approximate surface area is 213 Å². The Kier molecular flexibility index (Phi) is 9.75. The predicted molar refractivity (Wildman–Crippen MR) is 136 cm³/mol. The van der Waals surface area contributed by atoms with Crippen LogP contribution in [0.25, 0.3) is 10.6 Å². The summed E-state index contributed by atoms with van der Waals surface area (Å²) in [4.78, 5) is 39.0. The van der Waals surface area contributed by atoms with Crippen LogP contribution in [0.4, 0.5) is 5.13 Å². The van der Waals surface area contributed by atoms with Crippen molar-refractivity contribution in [2.45, 2.75) is 39.2 Å². The van der Waals surface area contributed by atoms with Crippen LogP contribution >= 0.6 is 22.9 Å². The van der Waals surface area contributed by atoms with Crippen LogP contribution in [0.1, 0.15) is 44.7 Å². The lowest BCUT2D eigenvalue weighted by atomic mass is 10.1. The highest BCUT2D eigenvalue weighted by Crippen LogP contribution is 2.27. The van der Waals surface area contributed by atoms with Gasteiger partial charge in [0.25, 0.3) is 0 Å². The SMILES string of the molecule is CCOC(=O)CCC(=O)N(CCC(=O)Nc1nnc(-c2ccc(Cl)cc2)s1)C(C)c1ccccc1. The summed E-state index contributed by atoms with van der Waals surface area (Å²) in [6, 6.07) is 16.5. The average molecular weight is 515 g/mol. The van der Waals surface area contributed by atoms with Crippen molar-refractivity contribution in [3.63, 3.8) is 0 Å². The number of carbonyl (C=O) groups is 3. The molecule has 1 atom stereocenters. The second-order valence-corrected chi connectivity index (χ2v) is 9.11. The van der Waals surface area contributed by atoms with Crippen molar-refractivity contribution < 1.29 is 19.1 Å². The summed E-state index contributed by atoms with van der Waals surface area (Å²) in [5, 5.41) is 12.6. The quantitative estimate of drug-likeness (QED) is 0.356. The number of amides is 2. The third-order valence-electron chi connectivity index (χ3n) is 5.26. The van der Waals surface area contributed by atoms with Crippen LogP contribution in [0.5, 0.6) is 0 Å². The molecule has 0 fully saturated rings. The first-order valence-corrected chi connectivity index (χ1v) is 12.5. The predicted octanol–water partition coefficient (Wildman–Crippen LogP) is 5.12. The highest BCUT2D eigenvalue weighted by Gasteiger charge is 2.23. The first-order valence-electron chi connectivity index (χ1n) is 11.3. The molecule has 184 valence electrons. The van der Waals surface area contributed by atoms with Crippen molar-refractivity contribution in [1.29, 1.82) is 0 Å². The molecule has 2 amide bonds. The second kappa shape index (κ2) is 13.0. The third-order valence-corrected chi connectivity index (χ3v) is 6.40. The highest BCUT2D eigenvalue weighted by molar-refractivity contribution is 7.18. The summed E-state index contributed by atoms with van der Waals surface area (Å²) in [5.41, 5.74) is 1.79. The monoisotopic (exact) mass is 514 g/mol. The molecule has 1 unspecified atom stereocenters. The number of carbonyl (C=O) groups excluding carboxylic acids is 3. The van der Waals surface area contributed by atoms with E-state index in [0.717, 1.165) is 11.1 Å². The Hall–Kier alpha value is -3.30. The number of hydrogen-bond acceptors (Lipinski definition) is 7. The van der Waals surface area contributed by atoms with Crippen molar-refractivity contribution in [2.75, 3.05) is 18.5 Å². The lowest BCUT2D eigenvalue weighted by Crippen LogP contribution is -2.36. The van der Waals surface area contributed by atoms with Crippen LogP contribution in [0.2, 0.25) is 5.02 Å². The van der Waals surface area contributed by atoms with E-state index in [1.807, 2.05) is 49.4 Å². The molecule has 10 heteroatoms. The highest BCUT2D eigenvalue weighted by atomic mass is 35.5. The number of anilines is 1. The molecule has 35 heavy (non-hydrogen) atoms. The summed E-state index contributed by atoms with van der Waals surface area (Å²) in [6.45, 7) is 4.08. The van der Waals surface area contributed by atoms with Gasteiger partial charge in [-0.3, -0.25) is 14.4 Å². The summed E-state index contributed by atoms with van der Waals surface area (Å²) >= 11 is 7.18. The molecule has 8 nitrogen and oxygen atoms in total. The Bertz CT molecular complexity index is 1140. The number of benzene rings is 2. The van der Waals surface area contributed by atoms with E-state index in [1.165, 1.54) is 11.3 Å². The molecule has 3 aromatic rings. The summed E-state index contributed by atoms with van der Waals surface area (Å²) in [6.07, 6.45) is 0.0752. The summed E-state index contributed by atoms with van der Waals surface area (Å²) in [5.74, 6) is -0.922. The number of nitrogens with zero attached hydrogens (tertiary/aromatic N) is 3. The number of hydrogen-bond donors (Lipinski definition) is 1. The van der Waals surface area contributed by atoms with Gasteiger partial charge < -0.3 is 15.0 Å². The first kappa shape index (κ1) is 26.3. The standard InChI is InChI=1S/C25H27ClN4O4S/c1-3-34-23(33)14-13-22(32)30(17(2)18-7-5-4-6-8-18)16-15-21(31)27-25-29-28-24(35-25)19-9-11-20(26)12-10-19/h4-12,17H,3,13-16H2,1-2H3,(H,27,29,31). The molecule has 0 aliphatic rings. The summed E-state index contributed by atoms with van der Waals surface area (Å²) < 4.78 is 4.93. The van der Waals surface area contributed by atoms with Crippen LogP contribution in [0, 0.1) is 0 Å². The Morgan fingerprint density at radius 3 is 2.43 bits per heavy atom. The maximum atomic E-state index is 13.0. The van der Waals surface area contributed by atoms with Crippen LogP contribution in [-0.2, 0) is 19.1 Å². The molecule has 1 aromatic heterocycles. The zero-order valence-corrected chi connectivity index (χ0v) is 21.1. The molecule has 0 radical (unpaired) electrons. The lowest BCUT2D eigenvalue weighted by Gasteiger charge is -2.29. The third kappa shape index (κ3) is 7.87. The molecule has 2 aromatic carbocycles. The van der Waals surface area contributed by atoms with Gasteiger partial charge in [0.15, 0.2) is 0 Å². The van der Waals surface area contributed by atoms with E-state index in [0.29, 0.717) is 15.2 Å².